The molecule has 3 aromatic rings. The molecule has 0 saturated heterocycles. The van der Waals surface area contributed by atoms with Crippen molar-refractivity contribution in [1.82, 2.24) is 9.80 Å². The molecule has 0 N–H and O–H groups in total. The first-order chi connectivity index (χ1) is 17.3. The van der Waals surface area contributed by atoms with Gasteiger partial charge in [-0.15, -0.1) is 0 Å². The molecule has 0 bridgehead atoms. The predicted octanol–water partition coefficient (Wildman–Crippen LogP) is 5.69. The Morgan fingerprint density at radius 2 is 1.14 bits per heavy atom. The van der Waals surface area contributed by atoms with Crippen LogP contribution >= 0.6 is 0 Å². The fraction of sp³-hybridized carbons (Fsp3) is 0.333. The fourth-order valence-corrected chi connectivity index (χ4v) is 3.76. The number of hydrogen-bond acceptors (Lipinski definition) is 5. The van der Waals surface area contributed by atoms with Crippen LogP contribution in [0.3, 0.4) is 0 Å². The summed E-state index contributed by atoms with van der Waals surface area (Å²) in [6, 6.07) is 21.2. The minimum absolute atomic E-state index is 0.223. The summed E-state index contributed by atoms with van der Waals surface area (Å²) < 4.78 is 31.1. The van der Waals surface area contributed by atoms with Gasteiger partial charge in [0.05, 0.1) is 7.11 Å². The Kier molecular flexibility index (Phi) is 9.91. The van der Waals surface area contributed by atoms with Crippen molar-refractivity contribution in [2.24, 2.45) is 0 Å². The third-order valence-electron chi connectivity index (χ3n) is 5.86. The highest BCUT2D eigenvalue weighted by Crippen LogP contribution is 2.35. The molecule has 6 heteroatoms. The summed E-state index contributed by atoms with van der Waals surface area (Å²) in [4.78, 5) is 4.17. The Hall–Kier alpha value is -3.35. The summed E-state index contributed by atoms with van der Waals surface area (Å²) >= 11 is 0. The van der Waals surface area contributed by atoms with Crippen LogP contribution in [0.5, 0.6) is 17.2 Å². The quantitative estimate of drug-likeness (QED) is 0.303. The molecule has 0 saturated carbocycles. The topological polar surface area (TPSA) is 34.2 Å². The molecule has 0 aliphatic heterocycles. The molecule has 192 valence electrons. The van der Waals surface area contributed by atoms with Gasteiger partial charge in [-0.3, -0.25) is 0 Å². The van der Waals surface area contributed by atoms with Gasteiger partial charge in [-0.05, 0) is 99.3 Å². The van der Waals surface area contributed by atoms with Crippen molar-refractivity contribution in [3.63, 3.8) is 0 Å². The van der Waals surface area contributed by atoms with Crippen molar-refractivity contribution in [3.8, 4) is 17.2 Å². The number of nitrogens with zero attached hydrogens (tertiary/aromatic N) is 2. The summed E-state index contributed by atoms with van der Waals surface area (Å²) in [5, 5.41) is 0. The van der Waals surface area contributed by atoms with Crippen LogP contribution in [-0.2, 0) is 0 Å². The van der Waals surface area contributed by atoms with E-state index in [-0.39, 0.29) is 11.6 Å². The zero-order valence-corrected chi connectivity index (χ0v) is 22.2. The van der Waals surface area contributed by atoms with Crippen molar-refractivity contribution in [1.29, 1.82) is 0 Å². The van der Waals surface area contributed by atoms with Gasteiger partial charge >= 0.3 is 0 Å². The van der Waals surface area contributed by atoms with Crippen molar-refractivity contribution >= 4 is 11.1 Å². The van der Waals surface area contributed by atoms with Gasteiger partial charge in [-0.25, -0.2) is 4.39 Å². The maximum Gasteiger partial charge on any atom is 0.165 e. The predicted molar refractivity (Wildman–Crippen MR) is 146 cm³/mol. The van der Waals surface area contributed by atoms with Crippen molar-refractivity contribution in [3.05, 3.63) is 89.2 Å². The van der Waals surface area contributed by atoms with E-state index in [0.717, 1.165) is 52.4 Å². The highest BCUT2D eigenvalue weighted by Gasteiger charge is 2.14. The average Bonchev–Trinajstić information content (AvgIpc) is 2.86. The third kappa shape index (κ3) is 7.57. The Morgan fingerprint density at radius 1 is 0.694 bits per heavy atom. The molecular formula is C30H37FN2O3. The first-order valence-electron chi connectivity index (χ1n) is 12.1. The van der Waals surface area contributed by atoms with E-state index in [1.165, 1.54) is 13.2 Å². The van der Waals surface area contributed by atoms with Gasteiger partial charge in [-0.2, -0.15) is 0 Å². The van der Waals surface area contributed by atoms with Crippen LogP contribution in [0, 0.1) is 5.82 Å². The lowest BCUT2D eigenvalue weighted by Crippen LogP contribution is -2.19. The molecule has 0 heterocycles. The van der Waals surface area contributed by atoms with Gasteiger partial charge in [0.25, 0.3) is 0 Å². The van der Waals surface area contributed by atoms with E-state index in [4.69, 9.17) is 14.2 Å². The Labute approximate surface area is 214 Å². The van der Waals surface area contributed by atoms with E-state index in [0.29, 0.717) is 13.2 Å². The van der Waals surface area contributed by atoms with Gasteiger partial charge in [0.15, 0.2) is 11.6 Å². The molecule has 0 fully saturated rings. The molecule has 0 radical (unpaired) electrons. The van der Waals surface area contributed by atoms with Gasteiger partial charge in [0, 0.05) is 13.1 Å². The average molecular weight is 493 g/mol. The first-order valence-corrected chi connectivity index (χ1v) is 12.1. The van der Waals surface area contributed by atoms with Crippen molar-refractivity contribution in [2.75, 3.05) is 61.6 Å². The number of ether oxygens (including phenoxy) is 3. The molecule has 0 atom stereocenters. The maximum atomic E-state index is 14.1. The van der Waals surface area contributed by atoms with Crippen molar-refractivity contribution < 1.29 is 18.6 Å². The molecule has 0 aromatic heterocycles. The van der Waals surface area contributed by atoms with Crippen LogP contribution in [0.1, 0.15) is 23.6 Å². The Balaban J connectivity index is 1.96. The monoisotopic (exact) mass is 492 g/mol. The number of rotatable bonds is 12. The fourth-order valence-electron chi connectivity index (χ4n) is 3.76. The number of hydrogen-bond donors (Lipinski definition) is 0. The van der Waals surface area contributed by atoms with Crippen LogP contribution in [-0.4, -0.2) is 71.4 Å². The molecule has 0 aliphatic carbocycles. The lowest BCUT2D eigenvalue weighted by Gasteiger charge is -2.17. The van der Waals surface area contributed by atoms with Gasteiger partial charge in [0.1, 0.15) is 24.7 Å². The van der Waals surface area contributed by atoms with E-state index in [1.54, 1.807) is 12.1 Å². The van der Waals surface area contributed by atoms with Gasteiger partial charge < -0.3 is 24.0 Å². The second-order valence-corrected chi connectivity index (χ2v) is 9.20. The zero-order chi connectivity index (χ0) is 26.1. The zero-order valence-electron chi connectivity index (χ0n) is 22.2. The molecule has 0 aliphatic rings. The van der Waals surface area contributed by atoms with E-state index >= 15 is 0 Å². The minimum atomic E-state index is -0.381. The molecule has 5 nitrogen and oxygen atoms in total. The Bertz CT molecular complexity index is 1080. The van der Waals surface area contributed by atoms with Crippen LogP contribution in [0.25, 0.3) is 11.1 Å². The van der Waals surface area contributed by atoms with Gasteiger partial charge in [0.2, 0.25) is 0 Å². The molecule has 36 heavy (non-hydrogen) atoms. The van der Waals surface area contributed by atoms with E-state index in [1.807, 2.05) is 59.4 Å². The maximum absolute atomic E-state index is 14.1. The lowest BCUT2D eigenvalue weighted by molar-refractivity contribution is 0.261. The number of methoxy groups -OCH3 is 1. The van der Waals surface area contributed by atoms with E-state index in [2.05, 4.69) is 34.1 Å². The smallest absolute Gasteiger partial charge is 0.165 e. The second-order valence-electron chi connectivity index (χ2n) is 9.20. The normalized spacial score (nSPS) is 11.0. The van der Waals surface area contributed by atoms with Crippen LogP contribution in [0.2, 0.25) is 0 Å². The van der Waals surface area contributed by atoms with Crippen LogP contribution < -0.4 is 14.2 Å². The molecule has 3 rings (SSSR count). The summed E-state index contributed by atoms with van der Waals surface area (Å²) in [5.41, 5.74) is 5.02. The molecular weight excluding hydrogens is 455 g/mol. The highest BCUT2D eigenvalue weighted by atomic mass is 19.1. The number of benzene rings is 3. The first kappa shape index (κ1) is 27.2. The largest absolute Gasteiger partial charge is 0.494 e. The Morgan fingerprint density at radius 3 is 1.56 bits per heavy atom. The highest BCUT2D eigenvalue weighted by molar-refractivity contribution is 5.98. The van der Waals surface area contributed by atoms with Crippen LogP contribution in [0.15, 0.2) is 66.7 Å². The molecule has 3 aromatic carbocycles. The molecule has 0 spiro atoms. The standard InChI is InChI=1S/C30H37FN2O3/c1-22(25-11-16-28(31)29(21-25)34-6)30(23-7-12-26(13-8-23)35-19-17-32(2)3)24-9-14-27(15-10-24)36-20-18-33(4)5/h7-16,21H,17-20H2,1-6H3. The number of likely N-dealkylation sites (N-methyl/N-ethyl adjacent to an activating group) is 2. The summed E-state index contributed by atoms with van der Waals surface area (Å²) in [6.45, 7) is 4.99. The van der Waals surface area contributed by atoms with E-state index in [9.17, 15) is 4.39 Å². The SMILES string of the molecule is COc1cc(C(C)=C(c2ccc(OCCN(C)C)cc2)c2ccc(OCCN(C)C)cc2)ccc1F. The third-order valence-corrected chi connectivity index (χ3v) is 5.86. The van der Waals surface area contributed by atoms with E-state index < -0.39 is 0 Å². The molecule has 0 unspecified atom stereocenters. The summed E-state index contributed by atoms with van der Waals surface area (Å²) in [5.74, 6) is 1.49. The minimum Gasteiger partial charge on any atom is -0.494 e. The van der Waals surface area contributed by atoms with Crippen molar-refractivity contribution in [2.45, 2.75) is 6.92 Å². The number of halogens is 1. The van der Waals surface area contributed by atoms with Gasteiger partial charge in [-0.1, -0.05) is 30.3 Å². The molecule has 0 amide bonds. The summed E-state index contributed by atoms with van der Waals surface area (Å²) in [6.07, 6.45) is 0. The number of allylic oxidation sites excluding steroid dienone is 1. The van der Waals surface area contributed by atoms with Crippen LogP contribution in [0.4, 0.5) is 4.39 Å². The summed E-state index contributed by atoms with van der Waals surface area (Å²) in [7, 11) is 9.57. The second kappa shape index (κ2) is 13.1. The lowest BCUT2D eigenvalue weighted by atomic mass is 9.90.